The molecule has 0 unspecified atom stereocenters. The third-order valence-electron chi connectivity index (χ3n) is 4.93. The number of hydrogen-bond acceptors (Lipinski definition) is 5. The van der Waals surface area contributed by atoms with Crippen LogP contribution in [0.3, 0.4) is 0 Å². The normalized spacial score (nSPS) is 20.9. The summed E-state index contributed by atoms with van der Waals surface area (Å²) in [6.07, 6.45) is 2.86. The van der Waals surface area contributed by atoms with Gasteiger partial charge in [0.15, 0.2) is 0 Å². The zero-order chi connectivity index (χ0) is 17.2. The molecule has 1 saturated heterocycles. The molecule has 0 aliphatic carbocycles. The van der Waals surface area contributed by atoms with E-state index in [9.17, 15) is 5.11 Å². The van der Waals surface area contributed by atoms with Gasteiger partial charge in [-0.15, -0.1) is 0 Å². The standard InChI is InChI=1S/C18H26N4O2/c1-4-16-19-17(21-20-16)12-22-11-5-6-15(22)18(2,23)13-7-9-14(24-3)10-8-13/h7-10,15,23H,4-6,11-12H2,1-3H3,(H,19,20,21)/t15-,18+/m0/s1. The fourth-order valence-corrected chi connectivity index (χ4v) is 3.53. The highest BCUT2D eigenvalue weighted by molar-refractivity contribution is 5.31. The van der Waals surface area contributed by atoms with Gasteiger partial charge in [0.1, 0.15) is 23.0 Å². The van der Waals surface area contributed by atoms with Gasteiger partial charge in [0.25, 0.3) is 0 Å². The van der Waals surface area contributed by atoms with E-state index in [4.69, 9.17) is 4.74 Å². The van der Waals surface area contributed by atoms with Gasteiger partial charge in [0.05, 0.1) is 13.7 Å². The molecule has 3 rings (SSSR count). The molecule has 0 radical (unpaired) electrons. The van der Waals surface area contributed by atoms with Crippen molar-refractivity contribution in [3.8, 4) is 5.75 Å². The lowest BCUT2D eigenvalue weighted by Crippen LogP contribution is -2.45. The van der Waals surface area contributed by atoms with Crippen molar-refractivity contribution >= 4 is 0 Å². The second-order valence-electron chi connectivity index (χ2n) is 6.56. The van der Waals surface area contributed by atoms with Crippen LogP contribution in [0, 0.1) is 0 Å². The predicted molar refractivity (Wildman–Crippen MR) is 91.8 cm³/mol. The number of hydrogen-bond donors (Lipinski definition) is 2. The van der Waals surface area contributed by atoms with Gasteiger partial charge in [-0.05, 0) is 44.0 Å². The predicted octanol–water partition coefficient (Wildman–Crippen LogP) is 2.25. The Morgan fingerprint density at radius 1 is 1.38 bits per heavy atom. The van der Waals surface area contributed by atoms with E-state index in [0.29, 0.717) is 6.54 Å². The van der Waals surface area contributed by atoms with Crippen LogP contribution < -0.4 is 4.74 Å². The van der Waals surface area contributed by atoms with Crippen molar-refractivity contribution in [1.29, 1.82) is 0 Å². The van der Waals surface area contributed by atoms with E-state index >= 15 is 0 Å². The molecule has 2 N–H and O–H groups in total. The Labute approximate surface area is 142 Å². The van der Waals surface area contributed by atoms with E-state index in [1.807, 2.05) is 38.1 Å². The molecule has 2 aromatic rings. The SMILES string of the molecule is CCc1n[nH]c(CN2CCC[C@H]2[C@](C)(O)c2ccc(OC)cc2)n1. The summed E-state index contributed by atoms with van der Waals surface area (Å²) < 4.78 is 5.21. The quantitative estimate of drug-likeness (QED) is 0.850. The van der Waals surface area contributed by atoms with E-state index in [0.717, 1.165) is 48.8 Å². The molecule has 1 fully saturated rings. The first-order valence-electron chi connectivity index (χ1n) is 8.55. The lowest BCUT2D eigenvalue weighted by molar-refractivity contribution is -0.0261. The number of benzene rings is 1. The minimum absolute atomic E-state index is 0.0565. The van der Waals surface area contributed by atoms with Crippen molar-refractivity contribution in [2.45, 2.75) is 51.3 Å². The molecule has 130 valence electrons. The monoisotopic (exact) mass is 330 g/mol. The smallest absolute Gasteiger partial charge is 0.150 e. The highest BCUT2D eigenvalue weighted by Gasteiger charge is 2.40. The van der Waals surface area contributed by atoms with E-state index in [-0.39, 0.29) is 6.04 Å². The van der Waals surface area contributed by atoms with Crippen LogP contribution in [0.4, 0.5) is 0 Å². The zero-order valence-electron chi connectivity index (χ0n) is 14.6. The highest BCUT2D eigenvalue weighted by Crippen LogP contribution is 2.35. The van der Waals surface area contributed by atoms with Crippen LogP contribution in [0.2, 0.25) is 0 Å². The van der Waals surface area contributed by atoms with E-state index in [1.54, 1.807) is 7.11 Å². The van der Waals surface area contributed by atoms with Gasteiger partial charge in [0.2, 0.25) is 0 Å². The van der Waals surface area contributed by atoms with Gasteiger partial charge in [-0.25, -0.2) is 4.98 Å². The summed E-state index contributed by atoms with van der Waals surface area (Å²) >= 11 is 0. The Kier molecular flexibility index (Phi) is 4.87. The Hall–Kier alpha value is -1.92. The summed E-state index contributed by atoms with van der Waals surface area (Å²) in [6, 6.07) is 7.74. The molecule has 2 heterocycles. The number of likely N-dealkylation sites (tertiary alicyclic amines) is 1. The number of aromatic nitrogens is 3. The number of methoxy groups -OCH3 is 1. The van der Waals surface area contributed by atoms with Crippen LogP contribution in [0.1, 0.15) is 43.9 Å². The third kappa shape index (κ3) is 3.30. The molecule has 0 saturated carbocycles. The maximum absolute atomic E-state index is 11.2. The maximum Gasteiger partial charge on any atom is 0.150 e. The highest BCUT2D eigenvalue weighted by atomic mass is 16.5. The number of aliphatic hydroxyl groups is 1. The van der Waals surface area contributed by atoms with Crippen LogP contribution in [0.5, 0.6) is 5.75 Å². The van der Waals surface area contributed by atoms with Crippen LogP contribution in [-0.2, 0) is 18.6 Å². The molecule has 24 heavy (non-hydrogen) atoms. The van der Waals surface area contributed by atoms with Gasteiger partial charge in [-0.2, -0.15) is 5.10 Å². The van der Waals surface area contributed by atoms with Gasteiger partial charge < -0.3 is 9.84 Å². The molecule has 0 bridgehead atoms. The second kappa shape index (κ2) is 6.91. The summed E-state index contributed by atoms with van der Waals surface area (Å²) in [4.78, 5) is 6.79. The number of aryl methyl sites for hydroxylation is 1. The number of rotatable bonds is 6. The maximum atomic E-state index is 11.2. The number of ether oxygens (including phenoxy) is 1. The van der Waals surface area contributed by atoms with Crippen molar-refractivity contribution in [2.24, 2.45) is 0 Å². The fourth-order valence-electron chi connectivity index (χ4n) is 3.53. The number of H-pyrrole nitrogens is 1. The van der Waals surface area contributed by atoms with Crippen molar-refractivity contribution in [3.05, 3.63) is 41.5 Å². The summed E-state index contributed by atoms with van der Waals surface area (Å²) in [7, 11) is 1.65. The molecule has 6 nitrogen and oxygen atoms in total. The van der Waals surface area contributed by atoms with Crippen LogP contribution in [0.15, 0.2) is 24.3 Å². The molecule has 6 heteroatoms. The average Bonchev–Trinajstić information content (AvgIpc) is 3.25. The van der Waals surface area contributed by atoms with Crippen molar-refractivity contribution in [3.63, 3.8) is 0 Å². The van der Waals surface area contributed by atoms with Crippen LogP contribution in [0.25, 0.3) is 0 Å². The molecule has 1 aromatic heterocycles. The van der Waals surface area contributed by atoms with E-state index < -0.39 is 5.60 Å². The molecule has 0 amide bonds. The van der Waals surface area contributed by atoms with Crippen molar-refractivity contribution < 1.29 is 9.84 Å². The Balaban J connectivity index is 1.77. The third-order valence-corrected chi connectivity index (χ3v) is 4.93. The minimum atomic E-state index is -0.920. The molecular weight excluding hydrogens is 304 g/mol. The lowest BCUT2D eigenvalue weighted by Gasteiger charge is -2.36. The number of nitrogens with zero attached hydrogens (tertiary/aromatic N) is 3. The Bertz CT molecular complexity index is 666. The Morgan fingerprint density at radius 3 is 2.75 bits per heavy atom. The van der Waals surface area contributed by atoms with Gasteiger partial charge in [-0.3, -0.25) is 10.00 Å². The number of aromatic amines is 1. The number of nitrogens with one attached hydrogen (secondary N) is 1. The molecule has 2 atom stereocenters. The summed E-state index contributed by atoms with van der Waals surface area (Å²) in [5.41, 5.74) is -0.0110. The average molecular weight is 330 g/mol. The lowest BCUT2D eigenvalue weighted by atomic mass is 9.86. The molecule has 1 aromatic carbocycles. The minimum Gasteiger partial charge on any atom is -0.497 e. The first-order chi connectivity index (χ1) is 11.5. The van der Waals surface area contributed by atoms with Gasteiger partial charge in [0, 0.05) is 12.5 Å². The second-order valence-corrected chi connectivity index (χ2v) is 6.56. The molecule has 0 spiro atoms. The molecular formula is C18H26N4O2. The molecule has 1 aliphatic heterocycles. The Morgan fingerprint density at radius 2 is 2.12 bits per heavy atom. The summed E-state index contributed by atoms with van der Waals surface area (Å²) in [6.45, 7) is 5.58. The topological polar surface area (TPSA) is 74.3 Å². The summed E-state index contributed by atoms with van der Waals surface area (Å²) in [5, 5.41) is 18.4. The van der Waals surface area contributed by atoms with Crippen molar-refractivity contribution in [2.75, 3.05) is 13.7 Å². The van der Waals surface area contributed by atoms with Crippen LogP contribution >= 0.6 is 0 Å². The van der Waals surface area contributed by atoms with Gasteiger partial charge in [-0.1, -0.05) is 19.1 Å². The summed E-state index contributed by atoms with van der Waals surface area (Å²) in [5.74, 6) is 2.50. The van der Waals surface area contributed by atoms with E-state index in [2.05, 4.69) is 20.1 Å². The van der Waals surface area contributed by atoms with Gasteiger partial charge >= 0.3 is 0 Å². The zero-order valence-corrected chi connectivity index (χ0v) is 14.6. The molecule has 1 aliphatic rings. The van der Waals surface area contributed by atoms with Crippen LogP contribution in [-0.4, -0.2) is 44.9 Å². The largest absolute Gasteiger partial charge is 0.497 e. The van der Waals surface area contributed by atoms with Crippen molar-refractivity contribution in [1.82, 2.24) is 20.1 Å². The van der Waals surface area contributed by atoms with E-state index in [1.165, 1.54) is 0 Å². The first-order valence-corrected chi connectivity index (χ1v) is 8.55. The first kappa shape index (κ1) is 16.9. The fraction of sp³-hybridized carbons (Fsp3) is 0.556.